The summed E-state index contributed by atoms with van der Waals surface area (Å²) >= 11 is 0. The van der Waals surface area contributed by atoms with Crippen molar-refractivity contribution in [3.63, 3.8) is 0 Å². The number of phenols is 1. The number of esters is 1. The van der Waals surface area contributed by atoms with Crippen molar-refractivity contribution in [3.8, 4) is 5.75 Å². The highest BCUT2D eigenvalue weighted by molar-refractivity contribution is 5.96. The summed E-state index contributed by atoms with van der Waals surface area (Å²) in [7, 11) is 0. The molecule has 124 valence electrons. The standard InChI is InChI=1S/C16H14N2O6/c1-10-2-7-13(14(8-10)18(22)23)17-15(20)9-24-16(21)11-3-5-12(19)6-4-11/h2-8,19H,9H2,1H3,(H,17,20). The molecule has 0 unspecified atom stereocenters. The van der Waals surface area contributed by atoms with Crippen LogP contribution >= 0.6 is 0 Å². The van der Waals surface area contributed by atoms with Crippen molar-refractivity contribution < 1.29 is 24.4 Å². The number of hydrogen-bond donors (Lipinski definition) is 2. The van der Waals surface area contributed by atoms with Crippen molar-refractivity contribution in [1.29, 1.82) is 0 Å². The van der Waals surface area contributed by atoms with Crippen LogP contribution in [0, 0.1) is 17.0 Å². The number of benzene rings is 2. The van der Waals surface area contributed by atoms with Crippen LogP contribution in [0.5, 0.6) is 5.75 Å². The molecule has 0 aliphatic rings. The van der Waals surface area contributed by atoms with Crippen molar-refractivity contribution in [3.05, 3.63) is 63.7 Å². The molecule has 0 aliphatic carbocycles. The van der Waals surface area contributed by atoms with Gasteiger partial charge in [-0.2, -0.15) is 0 Å². The van der Waals surface area contributed by atoms with Crippen LogP contribution < -0.4 is 5.32 Å². The predicted octanol–water partition coefficient (Wildman–Crippen LogP) is 2.40. The molecule has 1 amide bonds. The Morgan fingerprint density at radius 3 is 2.50 bits per heavy atom. The van der Waals surface area contributed by atoms with Gasteiger partial charge >= 0.3 is 5.97 Å². The maximum atomic E-state index is 11.8. The van der Waals surface area contributed by atoms with Crippen LogP contribution in [-0.2, 0) is 9.53 Å². The number of nitro groups is 1. The molecule has 0 atom stereocenters. The molecule has 2 rings (SSSR count). The van der Waals surface area contributed by atoms with Crippen LogP contribution in [0.2, 0.25) is 0 Å². The average Bonchev–Trinajstić information content (AvgIpc) is 2.54. The van der Waals surface area contributed by atoms with Crippen molar-refractivity contribution in [1.82, 2.24) is 0 Å². The van der Waals surface area contributed by atoms with Crippen molar-refractivity contribution in [2.24, 2.45) is 0 Å². The van der Waals surface area contributed by atoms with Crippen LogP contribution in [0.15, 0.2) is 42.5 Å². The first-order valence-corrected chi connectivity index (χ1v) is 6.88. The Bertz CT molecular complexity index is 786. The van der Waals surface area contributed by atoms with E-state index in [-0.39, 0.29) is 22.7 Å². The minimum Gasteiger partial charge on any atom is -0.508 e. The molecule has 8 heteroatoms. The Morgan fingerprint density at radius 2 is 1.88 bits per heavy atom. The lowest BCUT2D eigenvalue weighted by Gasteiger charge is -2.08. The fourth-order valence-corrected chi connectivity index (χ4v) is 1.90. The topological polar surface area (TPSA) is 119 Å². The highest BCUT2D eigenvalue weighted by Gasteiger charge is 2.17. The summed E-state index contributed by atoms with van der Waals surface area (Å²) in [4.78, 5) is 33.9. The van der Waals surface area contributed by atoms with Gasteiger partial charge in [0.1, 0.15) is 11.4 Å². The average molecular weight is 330 g/mol. The lowest BCUT2D eigenvalue weighted by molar-refractivity contribution is -0.384. The van der Waals surface area contributed by atoms with Crippen LogP contribution in [-0.4, -0.2) is 28.5 Å². The first-order chi connectivity index (χ1) is 11.4. The second-order valence-corrected chi connectivity index (χ2v) is 4.95. The minimum absolute atomic E-state index is 0.00373. The number of anilines is 1. The molecule has 24 heavy (non-hydrogen) atoms. The Labute approximate surface area is 136 Å². The number of carbonyl (C=O) groups is 2. The number of nitro benzene ring substituents is 1. The van der Waals surface area contributed by atoms with E-state index in [2.05, 4.69) is 5.32 Å². The number of amides is 1. The number of nitrogens with one attached hydrogen (secondary N) is 1. The van der Waals surface area contributed by atoms with E-state index in [0.29, 0.717) is 5.56 Å². The first-order valence-electron chi connectivity index (χ1n) is 6.88. The van der Waals surface area contributed by atoms with Gasteiger partial charge in [0.05, 0.1) is 10.5 Å². The van der Waals surface area contributed by atoms with E-state index in [1.54, 1.807) is 13.0 Å². The lowest BCUT2D eigenvalue weighted by Crippen LogP contribution is -2.21. The zero-order chi connectivity index (χ0) is 17.7. The maximum Gasteiger partial charge on any atom is 0.338 e. The van der Waals surface area contributed by atoms with E-state index in [0.717, 1.165) is 0 Å². The van der Waals surface area contributed by atoms with Gasteiger partial charge < -0.3 is 15.2 Å². The zero-order valence-electron chi connectivity index (χ0n) is 12.7. The third kappa shape index (κ3) is 4.29. The summed E-state index contributed by atoms with van der Waals surface area (Å²) in [6.45, 7) is 1.10. The molecule has 0 aliphatic heterocycles. The van der Waals surface area contributed by atoms with E-state index < -0.39 is 23.4 Å². The number of nitrogens with zero attached hydrogens (tertiary/aromatic N) is 1. The summed E-state index contributed by atoms with van der Waals surface area (Å²) < 4.78 is 4.82. The summed E-state index contributed by atoms with van der Waals surface area (Å²) in [5.74, 6) is -1.45. The van der Waals surface area contributed by atoms with Gasteiger partial charge in [0, 0.05) is 6.07 Å². The van der Waals surface area contributed by atoms with Gasteiger partial charge in [-0.05, 0) is 42.8 Å². The molecular weight excluding hydrogens is 316 g/mol. The van der Waals surface area contributed by atoms with E-state index in [9.17, 15) is 19.7 Å². The molecule has 0 fully saturated rings. The fourth-order valence-electron chi connectivity index (χ4n) is 1.90. The van der Waals surface area contributed by atoms with E-state index in [1.165, 1.54) is 36.4 Å². The molecule has 2 N–H and O–H groups in total. The highest BCUT2D eigenvalue weighted by atomic mass is 16.6. The van der Waals surface area contributed by atoms with Crippen molar-refractivity contribution >= 4 is 23.3 Å². The molecule has 0 heterocycles. The van der Waals surface area contributed by atoms with Crippen LogP contribution in [0.4, 0.5) is 11.4 Å². The number of aromatic hydroxyl groups is 1. The Kier molecular flexibility index (Phi) is 5.10. The molecule has 8 nitrogen and oxygen atoms in total. The van der Waals surface area contributed by atoms with Gasteiger partial charge in [-0.15, -0.1) is 0 Å². The van der Waals surface area contributed by atoms with Crippen LogP contribution in [0.1, 0.15) is 15.9 Å². The number of carbonyl (C=O) groups excluding carboxylic acids is 2. The number of rotatable bonds is 5. The highest BCUT2D eigenvalue weighted by Crippen LogP contribution is 2.25. The van der Waals surface area contributed by atoms with E-state index in [4.69, 9.17) is 9.84 Å². The van der Waals surface area contributed by atoms with E-state index >= 15 is 0 Å². The molecular formula is C16H14N2O6. The lowest BCUT2D eigenvalue weighted by atomic mass is 10.2. The maximum absolute atomic E-state index is 11.8. The van der Waals surface area contributed by atoms with Gasteiger partial charge in [0.2, 0.25) is 0 Å². The molecule has 0 saturated heterocycles. The zero-order valence-corrected chi connectivity index (χ0v) is 12.7. The van der Waals surface area contributed by atoms with Gasteiger partial charge in [-0.1, -0.05) is 6.07 Å². The number of phenolic OH excluding ortho intramolecular Hbond substituents is 1. The van der Waals surface area contributed by atoms with Crippen molar-refractivity contribution in [2.45, 2.75) is 6.92 Å². The number of hydrogen-bond acceptors (Lipinski definition) is 6. The second kappa shape index (κ2) is 7.23. The molecule has 0 radical (unpaired) electrons. The second-order valence-electron chi connectivity index (χ2n) is 4.95. The fraction of sp³-hybridized carbons (Fsp3) is 0.125. The van der Waals surface area contributed by atoms with E-state index in [1.807, 2.05) is 0 Å². The van der Waals surface area contributed by atoms with Crippen LogP contribution in [0.3, 0.4) is 0 Å². The van der Waals surface area contributed by atoms with Gasteiger partial charge in [0.25, 0.3) is 11.6 Å². The summed E-state index contributed by atoms with van der Waals surface area (Å²) in [5, 5.41) is 22.5. The molecule has 2 aromatic rings. The van der Waals surface area contributed by atoms with Crippen molar-refractivity contribution in [2.75, 3.05) is 11.9 Å². The Morgan fingerprint density at radius 1 is 1.21 bits per heavy atom. The SMILES string of the molecule is Cc1ccc(NC(=O)COC(=O)c2ccc(O)cc2)c([N+](=O)[O-])c1. The number of ether oxygens (including phenoxy) is 1. The number of aryl methyl sites for hydroxylation is 1. The summed E-state index contributed by atoms with van der Waals surface area (Å²) in [6, 6.07) is 9.68. The van der Waals surface area contributed by atoms with Crippen LogP contribution in [0.25, 0.3) is 0 Å². The Balaban J connectivity index is 1.98. The molecule has 0 saturated carbocycles. The third-order valence-corrected chi connectivity index (χ3v) is 3.06. The summed E-state index contributed by atoms with van der Waals surface area (Å²) in [6.07, 6.45) is 0. The Hall–Kier alpha value is -3.42. The predicted molar refractivity (Wildman–Crippen MR) is 84.9 cm³/mol. The van der Waals surface area contributed by atoms with Gasteiger partial charge in [-0.3, -0.25) is 14.9 Å². The largest absolute Gasteiger partial charge is 0.508 e. The van der Waals surface area contributed by atoms with Gasteiger partial charge in [-0.25, -0.2) is 4.79 Å². The molecule has 0 aromatic heterocycles. The normalized spacial score (nSPS) is 10.0. The molecule has 0 bridgehead atoms. The quantitative estimate of drug-likeness (QED) is 0.493. The third-order valence-electron chi connectivity index (χ3n) is 3.06. The minimum atomic E-state index is -0.747. The monoisotopic (exact) mass is 330 g/mol. The smallest absolute Gasteiger partial charge is 0.338 e. The first kappa shape index (κ1) is 16.9. The molecule has 2 aromatic carbocycles. The summed E-state index contributed by atoms with van der Waals surface area (Å²) in [5.41, 5.74) is 0.630. The molecule has 0 spiro atoms. The van der Waals surface area contributed by atoms with Gasteiger partial charge in [0.15, 0.2) is 6.61 Å².